The van der Waals surface area contributed by atoms with E-state index >= 15 is 0 Å². The molecular formula is C15H18ClN3O3. The van der Waals surface area contributed by atoms with E-state index in [2.05, 4.69) is 5.32 Å². The summed E-state index contributed by atoms with van der Waals surface area (Å²) in [6.07, 6.45) is 0. The summed E-state index contributed by atoms with van der Waals surface area (Å²) in [7, 11) is 1.45. The highest BCUT2D eigenvalue weighted by Crippen LogP contribution is 2.23. The first-order chi connectivity index (χ1) is 10.0. The van der Waals surface area contributed by atoms with Crippen molar-refractivity contribution in [2.75, 3.05) is 26.7 Å². The largest absolute Gasteiger partial charge is 0.333 e. The maximum Gasteiger partial charge on any atom is 0.261 e. The summed E-state index contributed by atoms with van der Waals surface area (Å²) in [5, 5.41) is 3.23. The van der Waals surface area contributed by atoms with Crippen LogP contribution in [0.3, 0.4) is 0 Å². The van der Waals surface area contributed by atoms with E-state index < -0.39 is 0 Å². The molecule has 0 unspecified atom stereocenters. The van der Waals surface area contributed by atoms with Gasteiger partial charge in [-0.15, -0.1) is 12.4 Å². The molecule has 1 aromatic carbocycles. The van der Waals surface area contributed by atoms with Crippen molar-refractivity contribution in [3.8, 4) is 0 Å². The summed E-state index contributed by atoms with van der Waals surface area (Å²) < 4.78 is 0. The predicted octanol–water partition coefficient (Wildman–Crippen LogP) is 0.768. The Balaban J connectivity index is 0.00000176. The van der Waals surface area contributed by atoms with Gasteiger partial charge in [-0.05, 0) is 25.1 Å². The van der Waals surface area contributed by atoms with Gasteiger partial charge in [0.2, 0.25) is 0 Å². The first-order valence-corrected chi connectivity index (χ1v) is 6.99. The maximum atomic E-state index is 12.6. The smallest absolute Gasteiger partial charge is 0.261 e. The third-order valence-electron chi connectivity index (χ3n) is 4.10. The number of halogens is 1. The fourth-order valence-electron chi connectivity index (χ4n) is 2.80. The van der Waals surface area contributed by atoms with E-state index in [1.807, 2.05) is 6.92 Å². The molecule has 1 fully saturated rings. The highest BCUT2D eigenvalue weighted by Gasteiger charge is 2.34. The molecule has 22 heavy (non-hydrogen) atoms. The van der Waals surface area contributed by atoms with E-state index in [0.29, 0.717) is 23.2 Å². The molecule has 0 saturated carbocycles. The molecule has 0 radical (unpaired) electrons. The van der Waals surface area contributed by atoms with Gasteiger partial charge in [-0.2, -0.15) is 0 Å². The van der Waals surface area contributed by atoms with Crippen LogP contribution in [0.15, 0.2) is 18.2 Å². The lowest BCUT2D eigenvalue weighted by molar-refractivity contribution is 0.0654. The minimum Gasteiger partial charge on any atom is -0.333 e. The number of benzene rings is 1. The van der Waals surface area contributed by atoms with Crippen LogP contribution in [0.1, 0.15) is 38.0 Å². The lowest BCUT2D eigenvalue weighted by atomic mass is 10.0. The number of imide groups is 1. The van der Waals surface area contributed by atoms with Crippen LogP contribution in [-0.2, 0) is 0 Å². The molecule has 7 heteroatoms. The average molecular weight is 324 g/mol. The lowest BCUT2D eigenvalue weighted by Crippen LogP contribution is -2.52. The molecule has 3 amide bonds. The monoisotopic (exact) mass is 323 g/mol. The molecule has 3 rings (SSSR count). The zero-order valence-corrected chi connectivity index (χ0v) is 13.3. The number of carbonyl (C=O) groups is 3. The van der Waals surface area contributed by atoms with Gasteiger partial charge in [-0.3, -0.25) is 19.3 Å². The summed E-state index contributed by atoms with van der Waals surface area (Å²) in [5.74, 6) is -0.760. The Morgan fingerprint density at radius 2 is 1.91 bits per heavy atom. The van der Waals surface area contributed by atoms with E-state index in [1.54, 1.807) is 17.0 Å². The van der Waals surface area contributed by atoms with Crippen molar-refractivity contribution >= 4 is 30.1 Å². The third kappa shape index (κ3) is 2.48. The summed E-state index contributed by atoms with van der Waals surface area (Å²) in [6.45, 7) is 4.15. The quantitative estimate of drug-likeness (QED) is 0.775. The number of fused-ring (bicyclic) bond motifs is 1. The third-order valence-corrected chi connectivity index (χ3v) is 4.10. The molecule has 6 nitrogen and oxygen atoms in total. The van der Waals surface area contributed by atoms with Crippen LogP contribution in [0.4, 0.5) is 0 Å². The van der Waals surface area contributed by atoms with Gasteiger partial charge in [-0.1, -0.05) is 0 Å². The van der Waals surface area contributed by atoms with Crippen LogP contribution in [0.5, 0.6) is 0 Å². The molecule has 1 atom stereocenters. The maximum absolute atomic E-state index is 12.6. The van der Waals surface area contributed by atoms with E-state index in [0.717, 1.165) is 18.0 Å². The van der Waals surface area contributed by atoms with E-state index in [9.17, 15) is 14.4 Å². The number of piperazine rings is 1. The predicted molar refractivity (Wildman–Crippen MR) is 83.5 cm³/mol. The molecule has 0 aliphatic carbocycles. The molecule has 1 N–H and O–H groups in total. The van der Waals surface area contributed by atoms with Crippen LogP contribution in [-0.4, -0.2) is 60.2 Å². The number of carbonyl (C=O) groups excluding carboxylic acids is 3. The van der Waals surface area contributed by atoms with Crippen molar-refractivity contribution in [2.45, 2.75) is 13.0 Å². The average Bonchev–Trinajstić information content (AvgIpc) is 2.71. The van der Waals surface area contributed by atoms with Gasteiger partial charge in [0.05, 0.1) is 11.1 Å². The van der Waals surface area contributed by atoms with Crippen LogP contribution >= 0.6 is 12.4 Å². The number of hydrogen-bond acceptors (Lipinski definition) is 4. The zero-order valence-electron chi connectivity index (χ0n) is 12.5. The standard InChI is InChI=1S/C15H17N3O3.ClH/c1-9-8-16-5-6-18(9)13(19)10-3-4-11-12(7-10)15(21)17(2)14(11)20;/h3-4,7,9,16H,5-6,8H2,1-2H3;1H/t9-;/m1./s1. The molecule has 2 aliphatic heterocycles. The molecule has 2 heterocycles. The normalized spacial score (nSPS) is 20.7. The highest BCUT2D eigenvalue weighted by molar-refractivity contribution is 6.21. The minimum absolute atomic E-state index is 0. The Morgan fingerprint density at radius 1 is 1.23 bits per heavy atom. The molecule has 118 valence electrons. The zero-order chi connectivity index (χ0) is 15.1. The summed E-state index contributed by atoms with van der Waals surface area (Å²) in [4.78, 5) is 39.3. The van der Waals surface area contributed by atoms with Gasteiger partial charge >= 0.3 is 0 Å². The Bertz CT molecular complexity index is 647. The van der Waals surface area contributed by atoms with Crippen molar-refractivity contribution in [1.29, 1.82) is 0 Å². The fraction of sp³-hybridized carbons (Fsp3) is 0.400. The summed E-state index contributed by atoms with van der Waals surface area (Å²) in [6, 6.07) is 4.84. The Morgan fingerprint density at radius 3 is 2.59 bits per heavy atom. The number of hydrogen-bond donors (Lipinski definition) is 1. The molecule has 0 bridgehead atoms. The topological polar surface area (TPSA) is 69.7 Å². The number of amides is 3. The van der Waals surface area contributed by atoms with Gasteiger partial charge in [0.15, 0.2) is 0 Å². The van der Waals surface area contributed by atoms with Gasteiger partial charge in [0.1, 0.15) is 0 Å². The lowest BCUT2D eigenvalue weighted by Gasteiger charge is -2.34. The molecule has 2 aliphatic rings. The SMILES string of the molecule is C[C@@H]1CNCCN1C(=O)c1ccc2c(c1)C(=O)N(C)C2=O.Cl. The first kappa shape index (κ1) is 16.5. The van der Waals surface area contributed by atoms with Crippen LogP contribution in [0.25, 0.3) is 0 Å². The van der Waals surface area contributed by atoms with E-state index in [4.69, 9.17) is 0 Å². The molecular weight excluding hydrogens is 306 g/mol. The Hall–Kier alpha value is -1.92. The first-order valence-electron chi connectivity index (χ1n) is 6.99. The second-order valence-electron chi connectivity index (χ2n) is 5.48. The van der Waals surface area contributed by atoms with Crippen molar-refractivity contribution in [3.63, 3.8) is 0 Å². The number of rotatable bonds is 1. The Kier molecular flexibility index (Phi) is 4.53. The highest BCUT2D eigenvalue weighted by atomic mass is 35.5. The molecule has 0 aromatic heterocycles. The van der Waals surface area contributed by atoms with Crippen molar-refractivity contribution < 1.29 is 14.4 Å². The van der Waals surface area contributed by atoms with Crippen molar-refractivity contribution in [3.05, 3.63) is 34.9 Å². The molecule has 0 spiro atoms. The summed E-state index contributed by atoms with van der Waals surface area (Å²) >= 11 is 0. The van der Waals surface area contributed by atoms with Crippen LogP contribution < -0.4 is 5.32 Å². The van der Waals surface area contributed by atoms with E-state index in [-0.39, 0.29) is 36.2 Å². The van der Waals surface area contributed by atoms with Gasteiger partial charge in [0, 0.05) is 38.3 Å². The Labute approximate surface area is 134 Å². The number of nitrogens with one attached hydrogen (secondary N) is 1. The second kappa shape index (κ2) is 6.06. The van der Waals surface area contributed by atoms with Crippen LogP contribution in [0, 0.1) is 0 Å². The van der Waals surface area contributed by atoms with Crippen molar-refractivity contribution in [2.24, 2.45) is 0 Å². The molecule has 1 aromatic rings. The second-order valence-corrected chi connectivity index (χ2v) is 5.48. The van der Waals surface area contributed by atoms with Gasteiger partial charge in [-0.25, -0.2) is 0 Å². The van der Waals surface area contributed by atoms with E-state index in [1.165, 1.54) is 13.1 Å². The van der Waals surface area contributed by atoms with Crippen molar-refractivity contribution in [1.82, 2.24) is 15.1 Å². The fourth-order valence-corrected chi connectivity index (χ4v) is 2.80. The van der Waals surface area contributed by atoms with Gasteiger partial charge < -0.3 is 10.2 Å². The summed E-state index contributed by atoms with van der Waals surface area (Å²) in [5.41, 5.74) is 1.14. The minimum atomic E-state index is -0.349. The van der Waals surface area contributed by atoms with Crippen LogP contribution in [0.2, 0.25) is 0 Å². The number of nitrogens with zero attached hydrogens (tertiary/aromatic N) is 2. The molecule has 1 saturated heterocycles. The van der Waals surface area contributed by atoms with Gasteiger partial charge in [0.25, 0.3) is 17.7 Å².